The lowest BCUT2D eigenvalue weighted by atomic mass is 10.2. The van der Waals surface area contributed by atoms with Gasteiger partial charge in [0.2, 0.25) is 0 Å². The van der Waals surface area contributed by atoms with Gasteiger partial charge in [-0.15, -0.1) is 0 Å². The molecule has 0 aromatic heterocycles. The van der Waals surface area contributed by atoms with Crippen LogP contribution in [-0.4, -0.2) is 41.0 Å². The Morgan fingerprint density at radius 2 is 2.12 bits per heavy atom. The molecule has 1 saturated carbocycles. The minimum absolute atomic E-state index is 0.0327. The van der Waals surface area contributed by atoms with Gasteiger partial charge in [-0.2, -0.15) is 24.9 Å². The van der Waals surface area contributed by atoms with Gasteiger partial charge in [0.25, 0.3) is 0 Å². The standard InChI is InChI=1S/C11H20F3NOS/c1-2-17-10-5-3-4-9(10)15-7-8(16)6-11(12,13)14/h8-10,15-16H,2-7H2,1H3/t8-,9-,10+/m0/s1. The fraction of sp³-hybridized carbons (Fsp3) is 1.00. The third-order valence-corrected chi connectivity index (χ3v) is 4.24. The predicted octanol–water partition coefficient (Wildman–Crippen LogP) is 2.56. The molecule has 1 aliphatic carbocycles. The van der Waals surface area contributed by atoms with E-state index >= 15 is 0 Å². The van der Waals surface area contributed by atoms with Crippen molar-refractivity contribution in [1.82, 2.24) is 5.32 Å². The quantitative estimate of drug-likeness (QED) is 0.779. The number of hydrogen-bond donors (Lipinski definition) is 2. The lowest BCUT2D eigenvalue weighted by molar-refractivity contribution is -0.152. The van der Waals surface area contributed by atoms with E-state index in [9.17, 15) is 18.3 Å². The summed E-state index contributed by atoms with van der Waals surface area (Å²) in [5.41, 5.74) is 0. The summed E-state index contributed by atoms with van der Waals surface area (Å²) in [6, 6.07) is 0.253. The number of aliphatic hydroxyl groups is 1. The molecule has 0 saturated heterocycles. The molecule has 1 rings (SSSR count). The van der Waals surface area contributed by atoms with Gasteiger partial charge < -0.3 is 10.4 Å². The van der Waals surface area contributed by atoms with Crippen molar-refractivity contribution in [1.29, 1.82) is 0 Å². The molecule has 2 nitrogen and oxygen atoms in total. The van der Waals surface area contributed by atoms with Gasteiger partial charge in [-0.1, -0.05) is 13.3 Å². The second-order valence-electron chi connectivity index (χ2n) is 4.41. The maximum atomic E-state index is 12.0. The van der Waals surface area contributed by atoms with E-state index in [1.807, 2.05) is 11.8 Å². The van der Waals surface area contributed by atoms with Crippen LogP contribution in [0, 0.1) is 0 Å². The lowest BCUT2D eigenvalue weighted by Crippen LogP contribution is -2.40. The number of thioether (sulfide) groups is 1. The molecule has 0 aromatic carbocycles. The fourth-order valence-electron chi connectivity index (χ4n) is 2.20. The Labute approximate surface area is 104 Å². The summed E-state index contributed by atoms with van der Waals surface area (Å²) in [4.78, 5) is 0. The van der Waals surface area contributed by atoms with E-state index in [0.717, 1.165) is 25.0 Å². The summed E-state index contributed by atoms with van der Waals surface area (Å²) in [7, 11) is 0. The summed E-state index contributed by atoms with van der Waals surface area (Å²) in [6.07, 6.45) is -3.51. The smallest absolute Gasteiger partial charge is 0.391 e. The Morgan fingerprint density at radius 1 is 1.41 bits per heavy atom. The van der Waals surface area contributed by atoms with Crippen LogP contribution >= 0.6 is 11.8 Å². The van der Waals surface area contributed by atoms with Crippen LogP contribution in [0.3, 0.4) is 0 Å². The maximum absolute atomic E-state index is 12.0. The molecule has 2 N–H and O–H groups in total. The number of aliphatic hydroxyl groups excluding tert-OH is 1. The predicted molar refractivity (Wildman–Crippen MR) is 64.2 cm³/mol. The first-order chi connectivity index (χ1) is 7.92. The largest absolute Gasteiger partial charge is 0.391 e. The lowest BCUT2D eigenvalue weighted by Gasteiger charge is -2.22. The zero-order valence-corrected chi connectivity index (χ0v) is 10.8. The highest BCUT2D eigenvalue weighted by Gasteiger charge is 2.32. The van der Waals surface area contributed by atoms with Crippen LogP contribution in [-0.2, 0) is 0 Å². The van der Waals surface area contributed by atoms with Crippen molar-refractivity contribution in [2.24, 2.45) is 0 Å². The van der Waals surface area contributed by atoms with Gasteiger partial charge in [0.15, 0.2) is 0 Å². The first-order valence-corrected chi connectivity index (χ1v) is 7.07. The van der Waals surface area contributed by atoms with Crippen molar-refractivity contribution < 1.29 is 18.3 Å². The molecule has 0 aliphatic heterocycles. The number of rotatable bonds is 6. The zero-order valence-electron chi connectivity index (χ0n) is 9.96. The van der Waals surface area contributed by atoms with Crippen LogP contribution < -0.4 is 5.32 Å². The summed E-state index contributed by atoms with van der Waals surface area (Å²) in [5, 5.41) is 12.8. The van der Waals surface area contributed by atoms with E-state index in [2.05, 4.69) is 12.2 Å². The van der Waals surface area contributed by atoms with Crippen LogP contribution in [0.4, 0.5) is 13.2 Å². The highest BCUT2D eigenvalue weighted by molar-refractivity contribution is 7.99. The number of alkyl halides is 3. The Morgan fingerprint density at radius 3 is 2.71 bits per heavy atom. The van der Waals surface area contributed by atoms with E-state index in [-0.39, 0.29) is 12.6 Å². The Kier molecular flexibility index (Phi) is 6.09. The third-order valence-electron chi connectivity index (χ3n) is 2.92. The summed E-state index contributed by atoms with van der Waals surface area (Å²) in [6.45, 7) is 2.11. The van der Waals surface area contributed by atoms with E-state index in [1.54, 1.807) is 0 Å². The van der Waals surface area contributed by atoms with Gasteiger partial charge in [-0.3, -0.25) is 0 Å². The first kappa shape index (κ1) is 15.1. The SMILES string of the molecule is CCS[C@@H]1CCC[C@@H]1NC[C@@H](O)CC(F)(F)F. The minimum Gasteiger partial charge on any atom is -0.391 e. The molecule has 0 bridgehead atoms. The van der Waals surface area contributed by atoms with Gasteiger partial charge in [-0.25, -0.2) is 0 Å². The van der Waals surface area contributed by atoms with E-state index in [4.69, 9.17) is 0 Å². The molecule has 102 valence electrons. The molecule has 1 fully saturated rings. The van der Waals surface area contributed by atoms with Gasteiger partial charge in [0.05, 0.1) is 12.5 Å². The van der Waals surface area contributed by atoms with Crippen LogP contribution in [0.15, 0.2) is 0 Å². The van der Waals surface area contributed by atoms with Crippen LogP contribution in [0.25, 0.3) is 0 Å². The molecular weight excluding hydrogens is 251 g/mol. The van der Waals surface area contributed by atoms with Crippen molar-refractivity contribution in [2.75, 3.05) is 12.3 Å². The maximum Gasteiger partial charge on any atom is 0.391 e. The van der Waals surface area contributed by atoms with Crippen molar-refractivity contribution in [3.05, 3.63) is 0 Å². The third kappa shape index (κ3) is 5.97. The zero-order chi connectivity index (χ0) is 12.9. The molecule has 0 radical (unpaired) electrons. The van der Waals surface area contributed by atoms with Gasteiger partial charge in [0, 0.05) is 17.8 Å². The summed E-state index contributed by atoms with van der Waals surface area (Å²) < 4.78 is 36.0. The number of halogens is 3. The van der Waals surface area contributed by atoms with Crippen LogP contribution in [0.5, 0.6) is 0 Å². The van der Waals surface area contributed by atoms with Gasteiger partial charge >= 0.3 is 6.18 Å². The Bertz CT molecular complexity index is 225. The van der Waals surface area contributed by atoms with Crippen LogP contribution in [0.2, 0.25) is 0 Å². The average Bonchev–Trinajstić information content (AvgIpc) is 2.60. The molecule has 0 heterocycles. The van der Waals surface area contributed by atoms with Crippen molar-refractivity contribution in [2.45, 2.75) is 56.2 Å². The molecule has 0 aromatic rings. The molecule has 17 heavy (non-hydrogen) atoms. The number of hydrogen-bond acceptors (Lipinski definition) is 3. The van der Waals surface area contributed by atoms with Crippen molar-refractivity contribution in [3.8, 4) is 0 Å². The van der Waals surface area contributed by atoms with Crippen molar-refractivity contribution >= 4 is 11.8 Å². The average molecular weight is 271 g/mol. The second kappa shape index (κ2) is 6.85. The molecule has 0 spiro atoms. The Balaban J connectivity index is 2.25. The normalized spacial score (nSPS) is 27.4. The topological polar surface area (TPSA) is 32.3 Å². The molecule has 3 atom stereocenters. The van der Waals surface area contributed by atoms with E-state index in [0.29, 0.717) is 5.25 Å². The fourth-order valence-corrected chi connectivity index (χ4v) is 3.43. The molecule has 6 heteroatoms. The molecule has 1 aliphatic rings. The molecular formula is C11H20F3NOS. The van der Waals surface area contributed by atoms with Crippen LogP contribution in [0.1, 0.15) is 32.6 Å². The summed E-state index contributed by atoms with van der Waals surface area (Å²) >= 11 is 1.85. The molecule has 0 amide bonds. The highest BCUT2D eigenvalue weighted by atomic mass is 32.2. The first-order valence-electron chi connectivity index (χ1n) is 6.02. The molecule has 0 unspecified atom stereocenters. The second-order valence-corrected chi connectivity index (χ2v) is 5.93. The summed E-state index contributed by atoms with van der Waals surface area (Å²) in [5.74, 6) is 1.02. The highest BCUT2D eigenvalue weighted by Crippen LogP contribution is 2.30. The van der Waals surface area contributed by atoms with Gasteiger partial charge in [-0.05, 0) is 18.6 Å². The number of nitrogens with one attached hydrogen (secondary N) is 1. The van der Waals surface area contributed by atoms with Gasteiger partial charge in [0.1, 0.15) is 0 Å². The van der Waals surface area contributed by atoms with E-state index < -0.39 is 18.7 Å². The van der Waals surface area contributed by atoms with E-state index in [1.165, 1.54) is 0 Å². The Hall–Kier alpha value is 0.0600. The monoisotopic (exact) mass is 271 g/mol. The minimum atomic E-state index is -4.28. The van der Waals surface area contributed by atoms with Crippen molar-refractivity contribution in [3.63, 3.8) is 0 Å².